The largest absolute Gasteiger partial charge is 0.493 e. The van der Waals surface area contributed by atoms with Crippen molar-refractivity contribution >= 4 is 35.8 Å². The number of hydrogen-bond donors (Lipinski definition) is 3. The first-order valence-corrected chi connectivity index (χ1v) is 8.11. The van der Waals surface area contributed by atoms with Crippen molar-refractivity contribution in [2.45, 2.75) is 31.8 Å². The van der Waals surface area contributed by atoms with Gasteiger partial charge in [0.1, 0.15) is 0 Å². The third-order valence-corrected chi connectivity index (χ3v) is 4.09. The molecule has 1 saturated heterocycles. The van der Waals surface area contributed by atoms with Gasteiger partial charge in [0, 0.05) is 17.6 Å². The van der Waals surface area contributed by atoms with Gasteiger partial charge in [0.2, 0.25) is 0 Å². The van der Waals surface area contributed by atoms with E-state index in [-0.39, 0.29) is 47.5 Å². The van der Waals surface area contributed by atoms with Crippen LogP contribution in [0.15, 0.2) is 12.1 Å². The molecule has 2 rings (SSSR count). The zero-order chi connectivity index (χ0) is 17.7. The van der Waals surface area contributed by atoms with Crippen molar-refractivity contribution in [2.75, 3.05) is 20.3 Å². The molecule has 1 heterocycles. The first kappa shape index (κ1) is 21.3. The number of rotatable bonds is 6. The molecule has 1 fully saturated rings. The van der Waals surface area contributed by atoms with E-state index in [1.165, 1.54) is 19.2 Å². The van der Waals surface area contributed by atoms with Crippen LogP contribution in [0.1, 0.15) is 30.1 Å². The number of methoxy groups -OCH3 is 1. The quantitative estimate of drug-likeness (QED) is 0.681. The monoisotopic (exact) mass is 391 g/mol. The smallest absolute Gasteiger partial charge is 0.255 e. The number of carbonyl (C=O) groups excluding carboxylic acids is 2. The van der Waals surface area contributed by atoms with Gasteiger partial charge in [0.25, 0.3) is 11.8 Å². The Balaban J connectivity index is 0.00000312. The molecule has 25 heavy (non-hydrogen) atoms. The van der Waals surface area contributed by atoms with E-state index in [0.717, 1.165) is 19.4 Å². The molecule has 2 unspecified atom stereocenters. The number of piperidine rings is 1. The lowest BCUT2D eigenvalue weighted by Gasteiger charge is -2.28. The summed E-state index contributed by atoms with van der Waals surface area (Å²) in [5, 5.41) is 6.52. The van der Waals surface area contributed by atoms with E-state index in [2.05, 4.69) is 17.6 Å². The van der Waals surface area contributed by atoms with Gasteiger partial charge in [-0.3, -0.25) is 9.59 Å². The molecule has 1 aromatic rings. The minimum Gasteiger partial charge on any atom is -0.493 e. The van der Waals surface area contributed by atoms with E-state index < -0.39 is 5.91 Å². The molecular formula is C16H23Cl2N3O4. The highest BCUT2D eigenvalue weighted by Crippen LogP contribution is 2.36. The van der Waals surface area contributed by atoms with Gasteiger partial charge in [-0.2, -0.15) is 0 Å². The second kappa shape index (κ2) is 9.70. The number of nitrogens with one attached hydrogen (secondary N) is 2. The van der Waals surface area contributed by atoms with Crippen LogP contribution in [0.3, 0.4) is 0 Å². The first-order valence-electron chi connectivity index (χ1n) is 7.73. The Labute approximate surface area is 158 Å². The van der Waals surface area contributed by atoms with Gasteiger partial charge in [-0.25, -0.2) is 0 Å². The number of carbonyl (C=O) groups is 2. The predicted molar refractivity (Wildman–Crippen MR) is 97.9 cm³/mol. The Morgan fingerprint density at radius 3 is 2.76 bits per heavy atom. The maximum absolute atomic E-state index is 12.5. The van der Waals surface area contributed by atoms with E-state index in [4.69, 9.17) is 26.8 Å². The Hall–Kier alpha value is -1.70. The summed E-state index contributed by atoms with van der Waals surface area (Å²) in [4.78, 5) is 23.3. The van der Waals surface area contributed by atoms with Crippen molar-refractivity contribution in [1.82, 2.24) is 10.6 Å². The van der Waals surface area contributed by atoms with E-state index in [1.54, 1.807) is 0 Å². The summed E-state index contributed by atoms with van der Waals surface area (Å²) >= 11 is 6.16. The highest BCUT2D eigenvalue weighted by molar-refractivity contribution is 6.32. The fourth-order valence-corrected chi connectivity index (χ4v) is 2.93. The van der Waals surface area contributed by atoms with Gasteiger partial charge in [-0.15, -0.1) is 12.4 Å². The van der Waals surface area contributed by atoms with Crippen LogP contribution in [0.2, 0.25) is 5.02 Å². The van der Waals surface area contributed by atoms with Crippen LogP contribution < -0.4 is 25.8 Å². The summed E-state index contributed by atoms with van der Waals surface area (Å²) in [5.41, 5.74) is 5.43. The third-order valence-electron chi connectivity index (χ3n) is 3.81. The second-order valence-corrected chi connectivity index (χ2v) is 6.20. The maximum atomic E-state index is 12.5. The molecule has 1 aromatic carbocycles. The molecule has 140 valence electrons. The molecule has 0 aliphatic carbocycles. The predicted octanol–water partition coefficient (Wildman–Crippen LogP) is 1.50. The number of benzene rings is 1. The molecule has 2 atom stereocenters. The number of amides is 2. The lowest BCUT2D eigenvalue weighted by Crippen LogP contribution is -2.46. The summed E-state index contributed by atoms with van der Waals surface area (Å²) in [6.45, 7) is 2.63. The highest BCUT2D eigenvalue weighted by atomic mass is 35.5. The summed E-state index contributed by atoms with van der Waals surface area (Å²) in [5.74, 6) is -0.400. The van der Waals surface area contributed by atoms with Crippen molar-refractivity contribution in [3.05, 3.63) is 22.7 Å². The van der Waals surface area contributed by atoms with Crippen LogP contribution in [0.5, 0.6) is 11.5 Å². The van der Waals surface area contributed by atoms with Crippen LogP contribution in [0, 0.1) is 0 Å². The summed E-state index contributed by atoms with van der Waals surface area (Å²) < 4.78 is 10.5. The van der Waals surface area contributed by atoms with Crippen LogP contribution in [0.4, 0.5) is 0 Å². The van der Waals surface area contributed by atoms with Gasteiger partial charge in [-0.05, 0) is 38.4 Å². The standard InChI is InChI=1S/C16H22ClN3O4.ClH/c1-9-5-11(3-4-19-9)20-16(22)10-6-12(17)15(13(7-10)23-2)24-8-14(18)21;/h6-7,9,11,19H,3-5,8H2,1-2H3,(H2,18,21)(H,20,22);1H. The molecule has 0 spiro atoms. The van der Waals surface area contributed by atoms with Gasteiger partial charge in [0.15, 0.2) is 18.1 Å². The number of primary amides is 1. The minimum atomic E-state index is -0.630. The van der Waals surface area contributed by atoms with Crippen molar-refractivity contribution in [3.63, 3.8) is 0 Å². The van der Waals surface area contributed by atoms with E-state index in [9.17, 15) is 9.59 Å². The number of hydrogen-bond acceptors (Lipinski definition) is 5. The molecule has 9 heteroatoms. The summed E-state index contributed by atoms with van der Waals surface area (Å²) in [6, 6.07) is 3.50. The zero-order valence-corrected chi connectivity index (χ0v) is 15.7. The van der Waals surface area contributed by atoms with Crippen LogP contribution in [0.25, 0.3) is 0 Å². The van der Waals surface area contributed by atoms with E-state index in [0.29, 0.717) is 11.6 Å². The zero-order valence-electron chi connectivity index (χ0n) is 14.1. The fourth-order valence-electron chi connectivity index (χ4n) is 2.67. The van der Waals surface area contributed by atoms with E-state index in [1.807, 2.05) is 0 Å². The molecule has 1 aliphatic rings. The average molecular weight is 392 g/mol. The Morgan fingerprint density at radius 2 is 2.16 bits per heavy atom. The fraction of sp³-hybridized carbons (Fsp3) is 0.500. The maximum Gasteiger partial charge on any atom is 0.255 e. The molecule has 7 nitrogen and oxygen atoms in total. The summed E-state index contributed by atoms with van der Waals surface area (Å²) in [7, 11) is 1.43. The average Bonchev–Trinajstić information content (AvgIpc) is 2.52. The minimum absolute atomic E-state index is 0. The molecule has 0 radical (unpaired) electrons. The second-order valence-electron chi connectivity index (χ2n) is 5.79. The number of ether oxygens (including phenoxy) is 2. The van der Waals surface area contributed by atoms with Crippen LogP contribution in [-0.4, -0.2) is 44.2 Å². The van der Waals surface area contributed by atoms with Crippen molar-refractivity contribution in [2.24, 2.45) is 5.73 Å². The number of nitrogens with two attached hydrogens (primary N) is 1. The molecular weight excluding hydrogens is 369 g/mol. The number of halogens is 2. The lowest BCUT2D eigenvalue weighted by atomic mass is 10.00. The molecule has 4 N–H and O–H groups in total. The Kier molecular flexibility index (Phi) is 8.28. The van der Waals surface area contributed by atoms with Crippen molar-refractivity contribution < 1.29 is 19.1 Å². The van der Waals surface area contributed by atoms with Crippen molar-refractivity contribution in [3.8, 4) is 11.5 Å². The highest BCUT2D eigenvalue weighted by Gasteiger charge is 2.22. The molecule has 0 saturated carbocycles. The third kappa shape index (κ3) is 5.95. The molecule has 2 amide bonds. The Bertz CT molecular complexity index is 628. The van der Waals surface area contributed by atoms with Crippen molar-refractivity contribution in [1.29, 1.82) is 0 Å². The van der Waals surface area contributed by atoms with Gasteiger partial charge in [-0.1, -0.05) is 11.6 Å². The van der Waals surface area contributed by atoms with Gasteiger partial charge >= 0.3 is 0 Å². The van der Waals surface area contributed by atoms with Gasteiger partial charge in [0.05, 0.1) is 12.1 Å². The van der Waals surface area contributed by atoms with Gasteiger partial charge < -0.3 is 25.8 Å². The molecule has 0 aromatic heterocycles. The Morgan fingerprint density at radius 1 is 1.44 bits per heavy atom. The SMILES string of the molecule is COc1cc(C(=O)NC2CCNC(C)C2)cc(Cl)c1OCC(N)=O.Cl. The van der Waals surface area contributed by atoms with E-state index >= 15 is 0 Å². The lowest BCUT2D eigenvalue weighted by molar-refractivity contribution is -0.119. The first-order chi connectivity index (χ1) is 11.4. The van der Waals surface area contributed by atoms with Crippen LogP contribution >= 0.6 is 24.0 Å². The normalized spacial score (nSPS) is 19.5. The van der Waals surface area contributed by atoms with Crippen LogP contribution in [-0.2, 0) is 4.79 Å². The summed E-state index contributed by atoms with van der Waals surface area (Å²) in [6.07, 6.45) is 1.75. The molecule has 0 bridgehead atoms. The molecule has 1 aliphatic heterocycles. The topological polar surface area (TPSA) is 103 Å².